The average molecular weight is 197 g/mol. The summed E-state index contributed by atoms with van der Waals surface area (Å²) in [5, 5.41) is 1.30. The van der Waals surface area contributed by atoms with Crippen LogP contribution in [0, 0.1) is 5.41 Å². The lowest BCUT2D eigenvalue weighted by Gasteiger charge is -2.20. The Hall–Kier alpha value is -1.06. The Balaban J connectivity index is 2.16. The fraction of sp³-hybridized carbons (Fsp3) is 0.800. The van der Waals surface area contributed by atoms with Gasteiger partial charge in [0.05, 0.1) is 6.04 Å². The highest BCUT2D eigenvalue weighted by molar-refractivity contribution is 6.05. The van der Waals surface area contributed by atoms with Gasteiger partial charge in [0.1, 0.15) is 5.41 Å². The van der Waals surface area contributed by atoms with Gasteiger partial charge in [-0.05, 0) is 26.7 Å². The van der Waals surface area contributed by atoms with E-state index in [-0.39, 0.29) is 11.9 Å². The predicted molar refractivity (Wildman–Crippen MR) is 49.0 cm³/mol. The average Bonchev–Trinajstić information content (AvgIpc) is 2.69. The lowest BCUT2D eigenvalue weighted by Crippen LogP contribution is -2.37. The first-order chi connectivity index (χ1) is 6.53. The monoisotopic (exact) mass is 197 g/mol. The van der Waals surface area contributed by atoms with Gasteiger partial charge in [-0.2, -0.15) is 5.06 Å². The Bertz CT molecular complexity index is 279. The number of nitrogens with zero attached hydrogens (tertiary/aromatic N) is 1. The summed E-state index contributed by atoms with van der Waals surface area (Å²) < 4.78 is 0. The molecule has 0 aromatic heterocycles. The molecule has 2 fully saturated rings. The molecule has 0 aromatic carbocycles. The second-order valence-electron chi connectivity index (χ2n) is 4.57. The van der Waals surface area contributed by atoms with Crippen LogP contribution in [0.25, 0.3) is 0 Å². The van der Waals surface area contributed by atoms with Crippen LogP contribution in [0.2, 0.25) is 0 Å². The maximum Gasteiger partial charge on any atom is 0.347 e. The number of hydroxylamine groups is 2. The Kier molecular flexibility index (Phi) is 2.01. The third-order valence-electron chi connectivity index (χ3n) is 3.08. The van der Waals surface area contributed by atoms with Crippen LogP contribution < -0.4 is 0 Å². The van der Waals surface area contributed by atoms with Gasteiger partial charge in [0.2, 0.25) is 0 Å². The lowest BCUT2D eigenvalue weighted by atomic mass is 9.93. The summed E-state index contributed by atoms with van der Waals surface area (Å²) in [7, 11) is 0. The van der Waals surface area contributed by atoms with Gasteiger partial charge in [-0.15, -0.1) is 0 Å². The highest BCUT2D eigenvalue weighted by Crippen LogP contribution is 2.34. The molecule has 1 aliphatic heterocycles. The first kappa shape index (κ1) is 9.49. The van der Waals surface area contributed by atoms with Crippen LogP contribution in [0.3, 0.4) is 0 Å². The molecule has 1 heterocycles. The zero-order chi connectivity index (χ0) is 10.3. The van der Waals surface area contributed by atoms with Crippen molar-refractivity contribution in [3.05, 3.63) is 0 Å². The first-order valence-electron chi connectivity index (χ1n) is 5.09. The molecule has 78 valence electrons. The zero-order valence-electron chi connectivity index (χ0n) is 8.58. The van der Waals surface area contributed by atoms with Gasteiger partial charge in [0.25, 0.3) is 5.91 Å². The minimum absolute atomic E-state index is 0.119. The Morgan fingerprint density at radius 1 is 1.29 bits per heavy atom. The summed E-state index contributed by atoms with van der Waals surface area (Å²) >= 11 is 0. The summed E-state index contributed by atoms with van der Waals surface area (Å²) in [6.45, 7) is 3.24. The third kappa shape index (κ3) is 1.21. The van der Waals surface area contributed by atoms with Crippen LogP contribution in [0.5, 0.6) is 0 Å². The Morgan fingerprint density at radius 3 is 2.29 bits per heavy atom. The van der Waals surface area contributed by atoms with Crippen molar-refractivity contribution in [1.29, 1.82) is 0 Å². The van der Waals surface area contributed by atoms with E-state index in [9.17, 15) is 9.59 Å². The molecular weight excluding hydrogens is 182 g/mol. The fourth-order valence-corrected chi connectivity index (χ4v) is 1.99. The Morgan fingerprint density at radius 2 is 1.86 bits per heavy atom. The van der Waals surface area contributed by atoms with Gasteiger partial charge in [0.15, 0.2) is 0 Å². The minimum atomic E-state index is -0.984. The maximum absolute atomic E-state index is 11.8. The molecule has 0 aromatic rings. The quantitative estimate of drug-likeness (QED) is 0.594. The molecule has 0 N–H and O–H groups in total. The van der Waals surface area contributed by atoms with Crippen LogP contribution in [-0.4, -0.2) is 23.0 Å². The van der Waals surface area contributed by atoms with Crippen LogP contribution in [0.15, 0.2) is 0 Å². The molecule has 4 heteroatoms. The molecule has 0 atom stereocenters. The van der Waals surface area contributed by atoms with E-state index in [0.29, 0.717) is 0 Å². The Labute approximate surface area is 83.2 Å². The van der Waals surface area contributed by atoms with Crippen molar-refractivity contribution in [2.45, 2.75) is 45.6 Å². The first-order valence-corrected chi connectivity index (χ1v) is 5.09. The summed E-state index contributed by atoms with van der Waals surface area (Å²) in [5.41, 5.74) is -0.984. The van der Waals surface area contributed by atoms with Gasteiger partial charge in [-0.25, -0.2) is 4.79 Å². The number of amides is 1. The van der Waals surface area contributed by atoms with Gasteiger partial charge < -0.3 is 4.84 Å². The molecule has 1 aliphatic carbocycles. The second kappa shape index (κ2) is 2.97. The van der Waals surface area contributed by atoms with Gasteiger partial charge in [-0.3, -0.25) is 4.79 Å². The highest BCUT2D eigenvalue weighted by atomic mass is 16.7. The summed E-state index contributed by atoms with van der Waals surface area (Å²) in [5.74, 6) is -0.608. The van der Waals surface area contributed by atoms with Crippen molar-refractivity contribution in [3.63, 3.8) is 0 Å². The van der Waals surface area contributed by atoms with Crippen molar-refractivity contribution in [3.8, 4) is 0 Å². The molecule has 4 nitrogen and oxygen atoms in total. The predicted octanol–water partition coefficient (Wildman–Crippen LogP) is 1.26. The molecular formula is C10H15NO3. The smallest absolute Gasteiger partial charge is 0.337 e. The summed E-state index contributed by atoms with van der Waals surface area (Å²) in [6.07, 6.45) is 4.14. The number of rotatable bonds is 1. The van der Waals surface area contributed by atoms with Crippen LogP contribution in [-0.2, 0) is 14.4 Å². The molecule has 0 spiro atoms. The molecule has 2 aliphatic rings. The van der Waals surface area contributed by atoms with Crippen LogP contribution in [0.1, 0.15) is 39.5 Å². The van der Waals surface area contributed by atoms with E-state index in [1.807, 2.05) is 0 Å². The number of carbonyl (C=O) groups excluding carboxylic acids is 2. The van der Waals surface area contributed by atoms with E-state index in [4.69, 9.17) is 4.84 Å². The maximum atomic E-state index is 11.8. The largest absolute Gasteiger partial charge is 0.347 e. The highest BCUT2D eigenvalue weighted by Gasteiger charge is 2.51. The molecule has 0 radical (unpaired) electrons. The summed E-state index contributed by atoms with van der Waals surface area (Å²) in [4.78, 5) is 28.2. The van der Waals surface area contributed by atoms with Crippen molar-refractivity contribution in [1.82, 2.24) is 5.06 Å². The zero-order valence-corrected chi connectivity index (χ0v) is 8.58. The minimum Gasteiger partial charge on any atom is -0.337 e. The van der Waals surface area contributed by atoms with Crippen molar-refractivity contribution in [2.75, 3.05) is 0 Å². The standard InChI is InChI=1S/C10H15NO3/c1-10(2)8(12)11(14-9(10)13)7-5-3-4-6-7/h7H,3-6H2,1-2H3. The van der Waals surface area contributed by atoms with Crippen LogP contribution in [0.4, 0.5) is 0 Å². The molecule has 14 heavy (non-hydrogen) atoms. The molecule has 1 amide bonds. The normalized spacial score (nSPS) is 27.1. The van der Waals surface area contributed by atoms with E-state index < -0.39 is 11.4 Å². The van der Waals surface area contributed by atoms with Crippen LogP contribution >= 0.6 is 0 Å². The molecule has 0 unspecified atom stereocenters. The van der Waals surface area contributed by atoms with E-state index >= 15 is 0 Å². The summed E-state index contributed by atoms with van der Waals surface area (Å²) in [6, 6.07) is 0.119. The third-order valence-corrected chi connectivity index (χ3v) is 3.08. The SMILES string of the molecule is CC1(C)C(=O)ON(C2CCCC2)C1=O. The van der Waals surface area contributed by atoms with E-state index in [1.165, 1.54) is 5.06 Å². The van der Waals surface area contributed by atoms with Crippen molar-refractivity contribution >= 4 is 11.9 Å². The van der Waals surface area contributed by atoms with E-state index in [0.717, 1.165) is 25.7 Å². The van der Waals surface area contributed by atoms with Crippen molar-refractivity contribution < 1.29 is 14.4 Å². The fourth-order valence-electron chi connectivity index (χ4n) is 1.99. The van der Waals surface area contributed by atoms with Gasteiger partial charge >= 0.3 is 5.97 Å². The molecule has 0 bridgehead atoms. The lowest BCUT2D eigenvalue weighted by molar-refractivity contribution is -0.186. The van der Waals surface area contributed by atoms with E-state index in [2.05, 4.69) is 0 Å². The van der Waals surface area contributed by atoms with Crippen molar-refractivity contribution in [2.24, 2.45) is 5.41 Å². The van der Waals surface area contributed by atoms with Gasteiger partial charge in [0, 0.05) is 0 Å². The van der Waals surface area contributed by atoms with Gasteiger partial charge in [-0.1, -0.05) is 12.8 Å². The second-order valence-corrected chi connectivity index (χ2v) is 4.57. The number of hydrogen-bond donors (Lipinski definition) is 0. The molecule has 2 rings (SSSR count). The molecule has 1 saturated carbocycles. The number of carbonyl (C=O) groups is 2. The topological polar surface area (TPSA) is 46.6 Å². The van der Waals surface area contributed by atoms with E-state index in [1.54, 1.807) is 13.8 Å². The molecule has 1 saturated heterocycles. The number of hydrogen-bond acceptors (Lipinski definition) is 3.